The second-order valence-corrected chi connectivity index (χ2v) is 7.58. The molecule has 0 amide bonds. The standard InChI is InChI=1S/C24H29N5O2/c1-25-24(26-13-19-14-27-29(16-19)15-18-7-5-4-6-8-18)28-10-9-20-11-22(30-2)23(31-3)12-21(20)17-28/h4-8,11-12,14,16H,9-10,13,15,17H2,1-3H3,(H,25,26). The number of hydrogen-bond acceptors (Lipinski definition) is 4. The molecule has 0 saturated heterocycles. The van der Waals surface area contributed by atoms with Crippen LogP contribution in [0.3, 0.4) is 0 Å². The highest BCUT2D eigenvalue weighted by atomic mass is 16.5. The van der Waals surface area contributed by atoms with Crippen molar-refractivity contribution < 1.29 is 9.47 Å². The van der Waals surface area contributed by atoms with E-state index in [2.05, 4.69) is 50.8 Å². The molecule has 0 bridgehead atoms. The highest BCUT2D eigenvalue weighted by Crippen LogP contribution is 2.33. The van der Waals surface area contributed by atoms with Crippen LogP contribution in [0.2, 0.25) is 0 Å². The van der Waals surface area contributed by atoms with Gasteiger partial charge in [0.15, 0.2) is 17.5 Å². The maximum Gasteiger partial charge on any atom is 0.194 e. The Morgan fingerprint density at radius 1 is 1.06 bits per heavy atom. The second kappa shape index (κ2) is 9.55. The zero-order valence-electron chi connectivity index (χ0n) is 18.3. The van der Waals surface area contributed by atoms with E-state index in [1.54, 1.807) is 14.2 Å². The normalized spacial score (nSPS) is 13.6. The molecule has 3 aromatic rings. The number of rotatable bonds is 6. The van der Waals surface area contributed by atoms with E-state index >= 15 is 0 Å². The molecule has 0 atom stereocenters. The van der Waals surface area contributed by atoms with E-state index in [4.69, 9.17) is 9.47 Å². The summed E-state index contributed by atoms with van der Waals surface area (Å²) in [7, 11) is 5.17. The van der Waals surface area contributed by atoms with Crippen molar-refractivity contribution in [2.75, 3.05) is 27.8 Å². The summed E-state index contributed by atoms with van der Waals surface area (Å²) < 4.78 is 12.9. The summed E-state index contributed by atoms with van der Waals surface area (Å²) >= 11 is 0. The number of fused-ring (bicyclic) bond motifs is 1. The molecule has 0 spiro atoms. The summed E-state index contributed by atoms with van der Waals surface area (Å²) in [5, 5.41) is 7.97. The Labute approximate surface area is 183 Å². The molecule has 7 heteroatoms. The Morgan fingerprint density at radius 2 is 1.81 bits per heavy atom. The van der Waals surface area contributed by atoms with Crippen molar-refractivity contribution in [1.82, 2.24) is 20.0 Å². The van der Waals surface area contributed by atoms with Crippen molar-refractivity contribution in [3.8, 4) is 11.5 Å². The fraction of sp³-hybridized carbons (Fsp3) is 0.333. The smallest absolute Gasteiger partial charge is 0.194 e. The predicted molar refractivity (Wildman–Crippen MR) is 122 cm³/mol. The van der Waals surface area contributed by atoms with Gasteiger partial charge in [-0.3, -0.25) is 9.67 Å². The maximum absolute atomic E-state index is 5.48. The van der Waals surface area contributed by atoms with E-state index in [9.17, 15) is 0 Å². The lowest BCUT2D eigenvalue weighted by atomic mass is 9.99. The number of benzene rings is 2. The number of guanidine groups is 1. The van der Waals surface area contributed by atoms with Crippen molar-refractivity contribution in [2.45, 2.75) is 26.1 Å². The molecule has 0 unspecified atom stereocenters. The number of aliphatic imine (C=N–C) groups is 1. The van der Waals surface area contributed by atoms with Crippen molar-refractivity contribution in [3.05, 3.63) is 77.1 Å². The molecule has 0 saturated carbocycles. The van der Waals surface area contributed by atoms with Gasteiger partial charge in [0.25, 0.3) is 0 Å². The molecule has 4 rings (SSSR count). The van der Waals surface area contributed by atoms with Gasteiger partial charge in [0, 0.05) is 38.4 Å². The van der Waals surface area contributed by atoms with E-state index in [1.807, 2.05) is 36.1 Å². The molecule has 2 heterocycles. The van der Waals surface area contributed by atoms with Crippen LogP contribution < -0.4 is 14.8 Å². The molecule has 7 nitrogen and oxygen atoms in total. The van der Waals surface area contributed by atoms with Gasteiger partial charge in [0.2, 0.25) is 0 Å². The third kappa shape index (κ3) is 4.82. The highest BCUT2D eigenvalue weighted by molar-refractivity contribution is 5.80. The van der Waals surface area contributed by atoms with Gasteiger partial charge in [-0.2, -0.15) is 5.10 Å². The van der Waals surface area contributed by atoms with E-state index < -0.39 is 0 Å². The van der Waals surface area contributed by atoms with Crippen LogP contribution in [-0.2, 0) is 26.1 Å². The first-order chi connectivity index (χ1) is 15.2. The number of aromatic nitrogens is 2. The van der Waals surface area contributed by atoms with Gasteiger partial charge in [-0.15, -0.1) is 0 Å². The highest BCUT2D eigenvalue weighted by Gasteiger charge is 2.21. The van der Waals surface area contributed by atoms with E-state index in [1.165, 1.54) is 16.7 Å². The fourth-order valence-corrected chi connectivity index (χ4v) is 3.93. The quantitative estimate of drug-likeness (QED) is 0.491. The Bertz CT molecular complexity index is 1050. The summed E-state index contributed by atoms with van der Waals surface area (Å²) in [6, 6.07) is 14.5. The average Bonchev–Trinajstić information content (AvgIpc) is 3.26. The first-order valence-electron chi connectivity index (χ1n) is 10.4. The zero-order chi connectivity index (χ0) is 21.6. The van der Waals surface area contributed by atoms with Crippen molar-refractivity contribution in [1.29, 1.82) is 0 Å². The lowest BCUT2D eigenvalue weighted by Gasteiger charge is -2.32. The first kappa shape index (κ1) is 20.8. The zero-order valence-corrected chi connectivity index (χ0v) is 18.3. The monoisotopic (exact) mass is 419 g/mol. The Morgan fingerprint density at radius 3 is 2.52 bits per heavy atom. The van der Waals surface area contributed by atoms with Crippen LogP contribution >= 0.6 is 0 Å². The summed E-state index contributed by atoms with van der Waals surface area (Å²) in [5.74, 6) is 2.43. The number of nitrogens with zero attached hydrogens (tertiary/aromatic N) is 4. The summed E-state index contributed by atoms with van der Waals surface area (Å²) in [5.41, 5.74) is 4.90. The lowest BCUT2D eigenvalue weighted by Crippen LogP contribution is -2.43. The van der Waals surface area contributed by atoms with Gasteiger partial charge < -0.3 is 19.7 Å². The minimum absolute atomic E-state index is 0.677. The van der Waals surface area contributed by atoms with Gasteiger partial charge in [-0.25, -0.2) is 0 Å². The molecule has 1 aliphatic rings. The van der Waals surface area contributed by atoms with Crippen LogP contribution in [0.4, 0.5) is 0 Å². The molecule has 0 aliphatic carbocycles. The summed E-state index contributed by atoms with van der Waals surface area (Å²) in [6.45, 7) is 3.12. The molecule has 2 aromatic carbocycles. The minimum Gasteiger partial charge on any atom is -0.493 e. The summed E-state index contributed by atoms with van der Waals surface area (Å²) in [6.07, 6.45) is 4.92. The van der Waals surface area contributed by atoms with Crippen LogP contribution in [0.15, 0.2) is 59.9 Å². The molecule has 1 N–H and O–H groups in total. The van der Waals surface area contributed by atoms with Gasteiger partial charge in [-0.1, -0.05) is 30.3 Å². The molecule has 1 aliphatic heterocycles. The van der Waals surface area contributed by atoms with E-state index in [0.29, 0.717) is 6.54 Å². The largest absolute Gasteiger partial charge is 0.493 e. The van der Waals surface area contributed by atoms with Crippen LogP contribution in [0.25, 0.3) is 0 Å². The Balaban J connectivity index is 1.38. The molecular weight excluding hydrogens is 390 g/mol. The number of hydrogen-bond donors (Lipinski definition) is 1. The van der Waals surface area contributed by atoms with Gasteiger partial charge in [0.05, 0.1) is 27.0 Å². The average molecular weight is 420 g/mol. The van der Waals surface area contributed by atoms with Crippen LogP contribution in [0.1, 0.15) is 22.3 Å². The van der Waals surface area contributed by atoms with Gasteiger partial charge >= 0.3 is 0 Å². The molecule has 1 aromatic heterocycles. The third-order valence-electron chi connectivity index (χ3n) is 5.55. The molecule has 31 heavy (non-hydrogen) atoms. The third-order valence-corrected chi connectivity index (χ3v) is 5.55. The second-order valence-electron chi connectivity index (χ2n) is 7.58. The lowest BCUT2D eigenvalue weighted by molar-refractivity contribution is 0.346. The van der Waals surface area contributed by atoms with Crippen molar-refractivity contribution in [3.63, 3.8) is 0 Å². The fourth-order valence-electron chi connectivity index (χ4n) is 3.93. The molecule has 0 radical (unpaired) electrons. The first-order valence-corrected chi connectivity index (χ1v) is 10.4. The van der Waals surface area contributed by atoms with Crippen LogP contribution in [-0.4, -0.2) is 48.5 Å². The maximum atomic E-state index is 5.48. The molecular formula is C24H29N5O2. The SMILES string of the molecule is CN=C(NCc1cnn(Cc2ccccc2)c1)N1CCc2cc(OC)c(OC)cc2C1. The van der Waals surface area contributed by atoms with Crippen molar-refractivity contribution >= 4 is 5.96 Å². The Kier molecular flexibility index (Phi) is 6.40. The molecule has 0 fully saturated rings. The minimum atomic E-state index is 0.677. The topological polar surface area (TPSA) is 63.9 Å². The van der Waals surface area contributed by atoms with Gasteiger partial charge in [-0.05, 0) is 35.2 Å². The number of nitrogens with one attached hydrogen (secondary N) is 1. The van der Waals surface area contributed by atoms with E-state index in [-0.39, 0.29) is 0 Å². The number of methoxy groups -OCH3 is 2. The van der Waals surface area contributed by atoms with Crippen LogP contribution in [0.5, 0.6) is 11.5 Å². The Hall–Kier alpha value is -3.48. The van der Waals surface area contributed by atoms with Crippen LogP contribution in [0, 0.1) is 0 Å². The van der Waals surface area contributed by atoms with Crippen molar-refractivity contribution in [2.24, 2.45) is 4.99 Å². The van der Waals surface area contributed by atoms with Gasteiger partial charge in [0.1, 0.15) is 0 Å². The predicted octanol–water partition coefficient (Wildman–Crippen LogP) is 3.08. The molecule has 162 valence electrons. The van der Waals surface area contributed by atoms with E-state index in [0.717, 1.165) is 49.1 Å². The number of ether oxygens (including phenoxy) is 2. The summed E-state index contributed by atoms with van der Waals surface area (Å²) in [4.78, 5) is 6.77.